The number of urea groups is 1. The maximum atomic E-state index is 12.8. The Morgan fingerprint density at radius 1 is 1.18 bits per heavy atom. The Kier molecular flexibility index (Phi) is 4.52. The molecule has 2 amide bonds. The number of likely N-dealkylation sites (N-methyl/N-ethyl adjacent to an activating group) is 1. The second-order valence-corrected chi connectivity index (χ2v) is 6.20. The molecule has 120 valence electrons. The Morgan fingerprint density at radius 2 is 1.95 bits per heavy atom. The molecule has 2 aliphatic rings. The van der Waals surface area contributed by atoms with Gasteiger partial charge in [-0.25, -0.2) is 4.79 Å². The van der Waals surface area contributed by atoms with E-state index in [-0.39, 0.29) is 12.1 Å². The molecule has 2 aliphatic heterocycles. The molecule has 5 heteroatoms. The van der Waals surface area contributed by atoms with E-state index in [1.807, 2.05) is 21.9 Å². The fourth-order valence-electron chi connectivity index (χ4n) is 3.37. The maximum absolute atomic E-state index is 12.8. The quantitative estimate of drug-likeness (QED) is 0.840. The zero-order valence-electron chi connectivity index (χ0n) is 13.5. The molecule has 0 saturated carbocycles. The Morgan fingerprint density at radius 3 is 2.68 bits per heavy atom. The Labute approximate surface area is 132 Å². The summed E-state index contributed by atoms with van der Waals surface area (Å²) in [6.45, 7) is 4.44. The first-order valence-corrected chi connectivity index (χ1v) is 8.07. The van der Waals surface area contributed by atoms with Gasteiger partial charge < -0.3 is 19.4 Å². The molecule has 0 aliphatic carbocycles. The highest BCUT2D eigenvalue weighted by atomic mass is 16.5. The van der Waals surface area contributed by atoms with Crippen molar-refractivity contribution in [2.75, 3.05) is 46.9 Å². The van der Waals surface area contributed by atoms with Crippen molar-refractivity contribution in [3.63, 3.8) is 0 Å². The average molecular weight is 303 g/mol. The van der Waals surface area contributed by atoms with Crippen molar-refractivity contribution in [3.05, 3.63) is 29.8 Å². The molecule has 0 bridgehead atoms. The fourth-order valence-corrected chi connectivity index (χ4v) is 3.37. The summed E-state index contributed by atoms with van der Waals surface area (Å²) < 4.78 is 5.32. The van der Waals surface area contributed by atoms with Crippen molar-refractivity contribution >= 4 is 6.03 Å². The normalized spacial score (nSPS) is 22.9. The van der Waals surface area contributed by atoms with Gasteiger partial charge in [-0.1, -0.05) is 12.1 Å². The van der Waals surface area contributed by atoms with Gasteiger partial charge >= 0.3 is 6.03 Å². The standard InChI is InChI=1S/C17H25N3O2/c1-18-9-11-19(12-10-18)17(21)20-8-4-7-16(20)14-5-3-6-15(13-14)22-2/h3,5-6,13,16H,4,7-12H2,1-2H3/t16-/m0/s1. The van der Waals surface area contributed by atoms with Gasteiger partial charge in [0.25, 0.3) is 0 Å². The van der Waals surface area contributed by atoms with E-state index < -0.39 is 0 Å². The first-order valence-electron chi connectivity index (χ1n) is 8.07. The lowest BCUT2D eigenvalue weighted by Gasteiger charge is -2.37. The van der Waals surface area contributed by atoms with Crippen molar-refractivity contribution < 1.29 is 9.53 Å². The molecule has 0 N–H and O–H groups in total. The van der Waals surface area contributed by atoms with Crippen LogP contribution in [-0.2, 0) is 0 Å². The number of methoxy groups -OCH3 is 1. The Balaban J connectivity index is 1.73. The molecule has 3 rings (SSSR count). The van der Waals surface area contributed by atoms with Crippen LogP contribution in [0.25, 0.3) is 0 Å². The molecular formula is C17H25N3O2. The van der Waals surface area contributed by atoms with Gasteiger partial charge in [0.1, 0.15) is 5.75 Å². The van der Waals surface area contributed by atoms with Gasteiger partial charge in [-0.15, -0.1) is 0 Å². The number of carbonyl (C=O) groups is 1. The minimum absolute atomic E-state index is 0.183. The molecule has 5 nitrogen and oxygen atoms in total. The van der Waals surface area contributed by atoms with Gasteiger partial charge in [0, 0.05) is 32.7 Å². The summed E-state index contributed by atoms with van der Waals surface area (Å²) in [5.74, 6) is 0.858. The summed E-state index contributed by atoms with van der Waals surface area (Å²) in [7, 11) is 3.79. The highest BCUT2D eigenvalue weighted by molar-refractivity contribution is 5.75. The number of amides is 2. The van der Waals surface area contributed by atoms with Crippen molar-refractivity contribution in [1.82, 2.24) is 14.7 Å². The molecule has 0 radical (unpaired) electrons. The van der Waals surface area contributed by atoms with E-state index in [1.165, 1.54) is 5.56 Å². The predicted octanol–water partition coefficient (Wildman–Crippen LogP) is 2.20. The number of hydrogen-bond acceptors (Lipinski definition) is 3. The molecule has 1 aromatic rings. The first kappa shape index (κ1) is 15.2. The third-order valence-electron chi connectivity index (χ3n) is 4.75. The van der Waals surface area contributed by atoms with Crippen LogP contribution in [-0.4, -0.2) is 67.6 Å². The van der Waals surface area contributed by atoms with Gasteiger partial charge in [0.2, 0.25) is 0 Å². The summed E-state index contributed by atoms with van der Waals surface area (Å²) in [6, 6.07) is 8.49. The molecule has 2 fully saturated rings. The van der Waals surface area contributed by atoms with E-state index in [0.29, 0.717) is 0 Å². The third-order valence-corrected chi connectivity index (χ3v) is 4.75. The van der Waals surface area contributed by atoms with E-state index in [1.54, 1.807) is 7.11 Å². The SMILES string of the molecule is COc1cccc([C@@H]2CCCN2C(=O)N2CCN(C)CC2)c1. The van der Waals surface area contributed by atoms with E-state index in [4.69, 9.17) is 4.74 Å². The number of carbonyl (C=O) groups excluding carboxylic acids is 1. The number of ether oxygens (including phenoxy) is 1. The van der Waals surface area contributed by atoms with Crippen LogP contribution in [0.1, 0.15) is 24.4 Å². The summed E-state index contributed by atoms with van der Waals surface area (Å²) >= 11 is 0. The molecule has 1 atom stereocenters. The second kappa shape index (κ2) is 6.57. The van der Waals surface area contributed by atoms with Crippen LogP contribution in [0.15, 0.2) is 24.3 Å². The molecule has 2 saturated heterocycles. The zero-order valence-corrected chi connectivity index (χ0v) is 13.5. The molecule has 22 heavy (non-hydrogen) atoms. The third kappa shape index (κ3) is 3.04. The van der Waals surface area contributed by atoms with Crippen molar-refractivity contribution in [2.24, 2.45) is 0 Å². The first-order chi connectivity index (χ1) is 10.7. The highest BCUT2D eigenvalue weighted by Crippen LogP contribution is 2.34. The topological polar surface area (TPSA) is 36.0 Å². The van der Waals surface area contributed by atoms with Crippen molar-refractivity contribution in [2.45, 2.75) is 18.9 Å². The summed E-state index contributed by atoms with van der Waals surface area (Å²) in [6.07, 6.45) is 2.11. The van der Waals surface area contributed by atoms with Crippen LogP contribution in [0, 0.1) is 0 Å². The van der Waals surface area contributed by atoms with Crippen LogP contribution in [0.3, 0.4) is 0 Å². The summed E-state index contributed by atoms with van der Waals surface area (Å²) in [4.78, 5) is 19.2. The minimum atomic E-state index is 0.183. The van der Waals surface area contributed by atoms with Gasteiger partial charge in [0.15, 0.2) is 0 Å². The van der Waals surface area contributed by atoms with E-state index in [2.05, 4.69) is 24.1 Å². The highest BCUT2D eigenvalue weighted by Gasteiger charge is 2.33. The number of likely N-dealkylation sites (tertiary alicyclic amines) is 1. The predicted molar refractivity (Wildman–Crippen MR) is 86.1 cm³/mol. The summed E-state index contributed by atoms with van der Waals surface area (Å²) in [5.41, 5.74) is 1.18. The number of nitrogens with zero attached hydrogens (tertiary/aromatic N) is 3. The molecule has 0 aromatic heterocycles. The van der Waals surface area contributed by atoms with Crippen molar-refractivity contribution in [3.8, 4) is 5.75 Å². The Hall–Kier alpha value is -1.75. The second-order valence-electron chi connectivity index (χ2n) is 6.20. The minimum Gasteiger partial charge on any atom is -0.497 e. The summed E-state index contributed by atoms with van der Waals surface area (Å²) in [5, 5.41) is 0. The van der Waals surface area contributed by atoms with E-state index in [9.17, 15) is 4.79 Å². The monoisotopic (exact) mass is 303 g/mol. The fraction of sp³-hybridized carbons (Fsp3) is 0.588. The number of rotatable bonds is 2. The molecule has 0 unspecified atom stereocenters. The maximum Gasteiger partial charge on any atom is 0.320 e. The molecule has 2 heterocycles. The van der Waals surface area contributed by atoms with Crippen molar-refractivity contribution in [1.29, 1.82) is 0 Å². The average Bonchev–Trinajstić information content (AvgIpc) is 3.04. The lowest BCUT2D eigenvalue weighted by Crippen LogP contribution is -2.51. The Bertz CT molecular complexity index is 526. The lowest BCUT2D eigenvalue weighted by atomic mass is 10.0. The van der Waals surface area contributed by atoms with Crippen LogP contribution in [0.5, 0.6) is 5.75 Å². The zero-order chi connectivity index (χ0) is 15.5. The number of benzene rings is 1. The van der Waals surface area contributed by atoms with Gasteiger partial charge in [-0.2, -0.15) is 0 Å². The number of piperazine rings is 1. The van der Waals surface area contributed by atoms with Gasteiger partial charge in [-0.3, -0.25) is 0 Å². The smallest absolute Gasteiger partial charge is 0.320 e. The lowest BCUT2D eigenvalue weighted by molar-refractivity contribution is 0.118. The molecule has 0 spiro atoms. The van der Waals surface area contributed by atoms with Gasteiger partial charge in [-0.05, 0) is 37.6 Å². The van der Waals surface area contributed by atoms with Crippen LogP contribution in [0.4, 0.5) is 4.79 Å². The van der Waals surface area contributed by atoms with Gasteiger partial charge in [0.05, 0.1) is 13.2 Å². The van der Waals surface area contributed by atoms with Crippen LogP contribution in [0.2, 0.25) is 0 Å². The molecule has 1 aromatic carbocycles. The van der Waals surface area contributed by atoms with E-state index >= 15 is 0 Å². The largest absolute Gasteiger partial charge is 0.497 e. The van der Waals surface area contributed by atoms with Crippen LogP contribution >= 0.6 is 0 Å². The van der Waals surface area contributed by atoms with E-state index in [0.717, 1.165) is 51.3 Å². The molecular weight excluding hydrogens is 278 g/mol. The van der Waals surface area contributed by atoms with Crippen LogP contribution < -0.4 is 4.74 Å². The number of hydrogen-bond donors (Lipinski definition) is 0.